The van der Waals surface area contributed by atoms with Gasteiger partial charge in [0, 0.05) is 17.2 Å². The molecule has 0 saturated heterocycles. The molecule has 76 valence electrons. The number of halogens is 1. The number of hydrogen-bond acceptors (Lipinski definition) is 2. The average Bonchev–Trinajstić information content (AvgIpc) is 2.50. The summed E-state index contributed by atoms with van der Waals surface area (Å²) >= 11 is 6.17. The maximum absolute atomic E-state index is 6.17. The fourth-order valence-electron chi connectivity index (χ4n) is 1.44. The summed E-state index contributed by atoms with van der Waals surface area (Å²) in [6.45, 7) is 6.46. The lowest BCUT2D eigenvalue weighted by Gasteiger charge is -2.29. The van der Waals surface area contributed by atoms with E-state index in [0.717, 1.165) is 11.5 Å². The van der Waals surface area contributed by atoms with Crippen molar-refractivity contribution < 1.29 is 0 Å². The average molecular weight is 212 g/mol. The topological polar surface area (TPSA) is 29.9 Å². The minimum absolute atomic E-state index is 0.0860. The van der Waals surface area contributed by atoms with Crippen LogP contribution in [-0.2, 0) is 0 Å². The zero-order valence-corrected chi connectivity index (χ0v) is 9.34. The van der Waals surface area contributed by atoms with Crippen molar-refractivity contribution in [2.75, 3.05) is 5.32 Å². The molecule has 0 aromatic carbocycles. The van der Waals surface area contributed by atoms with Gasteiger partial charge in [-0.1, -0.05) is 32.4 Å². The fourth-order valence-corrected chi connectivity index (χ4v) is 1.72. The van der Waals surface area contributed by atoms with E-state index in [9.17, 15) is 0 Å². The Hall–Kier alpha value is -0.960. The van der Waals surface area contributed by atoms with Crippen LogP contribution in [-0.4, -0.2) is 9.78 Å². The van der Waals surface area contributed by atoms with Crippen LogP contribution in [0.25, 0.3) is 0 Å². The highest BCUT2D eigenvalue weighted by atomic mass is 35.5. The molecule has 1 aromatic rings. The molecule has 3 nitrogen and oxygen atoms in total. The number of nitrogens with zero attached hydrogens (tertiary/aromatic N) is 2. The minimum atomic E-state index is -0.185. The summed E-state index contributed by atoms with van der Waals surface area (Å²) < 4.78 is 1.76. The highest BCUT2D eigenvalue weighted by Gasteiger charge is 2.24. The first kappa shape index (κ1) is 9.59. The van der Waals surface area contributed by atoms with Crippen molar-refractivity contribution >= 4 is 17.4 Å². The number of alkyl halides is 1. The molecule has 0 radical (unpaired) electrons. The Morgan fingerprint density at radius 1 is 1.50 bits per heavy atom. The molecule has 0 saturated carbocycles. The van der Waals surface area contributed by atoms with E-state index in [0.29, 0.717) is 0 Å². The number of aromatic nitrogens is 2. The van der Waals surface area contributed by atoms with Gasteiger partial charge in [0.1, 0.15) is 11.3 Å². The Labute approximate surface area is 88.8 Å². The van der Waals surface area contributed by atoms with E-state index in [1.807, 2.05) is 12.1 Å². The first-order chi connectivity index (χ1) is 6.48. The summed E-state index contributed by atoms with van der Waals surface area (Å²) in [7, 11) is 0. The van der Waals surface area contributed by atoms with Gasteiger partial charge < -0.3 is 5.32 Å². The van der Waals surface area contributed by atoms with Crippen molar-refractivity contribution in [3.8, 4) is 0 Å². The highest BCUT2D eigenvalue weighted by Crippen LogP contribution is 2.34. The van der Waals surface area contributed by atoms with Crippen molar-refractivity contribution in [3.05, 3.63) is 24.0 Å². The summed E-state index contributed by atoms with van der Waals surface area (Å²) in [5.74, 6) is 0.956. The molecular weight excluding hydrogens is 198 g/mol. The van der Waals surface area contributed by atoms with Crippen LogP contribution in [0.3, 0.4) is 0 Å². The zero-order valence-electron chi connectivity index (χ0n) is 8.58. The molecule has 0 amide bonds. The van der Waals surface area contributed by atoms with Gasteiger partial charge in [0.25, 0.3) is 0 Å². The maximum atomic E-state index is 6.17. The van der Waals surface area contributed by atoms with E-state index in [2.05, 4.69) is 31.2 Å². The van der Waals surface area contributed by atoms with Crippen molar-refractivity contribution in [3.63, 3.8) is 0 Å². The second kappa shape index (κ2) is 3.02. The molecule has 2 rings (SSSR count). The van der Waals surface area contributed by atoms with Gasteiger partial charge in [0.2, 0.25) is 0 Å². The van der Waals surface area contributed by atoms with Crippen LogP contribution in [0.4, 0.5) is 5.82 Å². The van der Waals surface area contributed by atoms with E-state index in [1.165, 1.54) is 0 Å². The molecule has 0 spiro atoms. The molecule has 2 heterocycles. The molecular formula is C10H14ClN3. The van der Waals surface area contributed by atoms with Crippen molar-refractivity contribution in [2.45, 2.75) is 26.3 Å². The number of rotatable bonds is 0. The van der Waals surface area contributed by atoms with Gasteiger partial charge in [-0.15, -0.1) is 0 Å². The van der Waals surface area contributed by atoms with Gasteiger partial charge >= 0.3 is 0 Å². The molecule has 14 heavy (non-hydrogen) atoms. The molecule has 0 aliphatic carbocycles. The van der Waals surface area contributed by atoms with Crippen molar-refractivity contribution in [1.29, 1.82) is 0 Å². The summed E-state index contributed by atoms with van der Waals surface area (Å²) in [5.41, 5.74) is 1.05. The third-order valence-electron chi connectivity index (χ3n) is 2.28. The molecule has 0 fully saturated rings. The van der Waals surface area contributed by atoms with Gasteiger partial charge in [-0.3, -0.25) is 0 Å². The molecule has 1 unspecified atom stereocenters. The first-order valence-electron chi connectivity index (χ1n) is 4.65. The molecule has 1 aromatic heterocycles. The molecule has 1 aliphatic heterocycles. The molecule has 4 heteroatoms. The van der Waals surface area contributed by atoms with Crippen molar-refractivity contribution in [1.82, 2.24) is 9.78 Å². The van der Waals surface area contributed by atoms with E-state index in [-0.39, 0.29) is 10.9 Å². The second-order valence-corrected chi connectivity index (χ2v) is 4.94. The highest BCUT2D eigenvalue weighted by molar-refractivity contribution is 6.20. The third-order valence-corrected chi connectivity index (χ3v) is 2.59. The van der Waals surface area contributed by atoms with Crippen molar-refractivity contribution in [2.24, 2.45) is 5.41 Å². The van der Waals surface area contributed by atoms with E-state index in [4.69, 9.17) is 11.6 Å². The number of fused-ring (bicyclic) bond motifs is 1. The third kappa shape index (κ3) is 1.52. The Morgan fingerprint density at radius 2 is 2.21 bits per heavy atom. The summed E-state index contributed by atoms with van der Waals surface area (Å²) in [6.07, 6.45) is 3.75. The van der Waals surface area contributed by atoms with E-state index >= 15 is 0 Å². The predicted molar refractivity (Wildman–Crippen MR) is 58.3 cm³/mol. The normalized spacial score (nSPS) is 21.1. The monoisotopic (exact) mass is 211 g/mol. The zero-order chi connectivity index (χ0) is 10.3. The van der Waals surface area contributed by atoms with Gasteiger partial charge in [-0.2, -0.15) is 5.10 Å². The Kier molecular flexibility index (Phi) is 2.07. The Morgan fingerprint density at radius 3 is 2.86 bits per heavy atom. The molecule has 0 bridgehead atoms. The van der Waals surface area contributed by atoms with Gasteiger partial charge in [-0.25, -0.2) is 4.68 Å². The van der Waals surface area contributed by atoms with Gasteiger partial charge in [-0.05, 0) is 6.08 Å². The van der Waals surface area contributed by atoms with Crippen LogP contribution >= 0.6 is 11.6 Å². The smallest absolute Gasteiger partial charge is 0.148 e. The second-order valence-electron chi connectivity index (χ2n) is 4.49. The Bertz CT molecular complexity index is 373. The van der Waals surface area contributed by atoms with Gasteiger partial charge in [0.05, 0.1) is 6.20 Å². The minimum Gasteiger partial charge on any atom is -0.344 e. The Balaban J connectivity index is 2.36. The molecule has 1 N–H and O–H groups in total. The van der Waals surface area contributed by atoms with Crippen LogP contribution in [0.15, 0.2) is 24.0 Å². The number of allylic oxidation sites excluding steroid dienone is 2. The number of nitrogens with one attached hydrogen (secondary N) is 1. The lowest BCUT2D eigenvalue weighted by Crippen LogP contribution is -2.24. The molecule has 1 aliphatic rings. The van der Waals surface area contributed by atoms with Crippen LogP contribution in [0.2, 0.25) is 0 Å². The molecule has 1 atom stereocenters. The van der Waals surface area contributed by atoms with Crippen LogP contribution in [0, 0.1) is 5.41 Å². The summed E-state index contributed by atoms with van der Waals surface area (Å²) in [6, 6.07) is 1.92. The fraction of sp³-hybridized carbons (Fsp3) is 0.500. The lowest BCUT2D eigenvalue weighted by molar-refractivity contribution is 0.492. The quantitative estimate of drug-likeness (QED) is 0.669. The number of hydrogen-bond donors (Lipinski definition) is 1. The van der Waals surface area contributed by atoms with Crippen LogP contribution in [0.5, 0.6) is 0 Å². The largest absolute Gasteiger partial charge is 0.344 e. The lowest BCUT2D eigenvalue weighted by atomic mass is 9.91. The standard InChI is InChI=1S/C10H14ClN3/c1-10(2,3)7-6-8(11)14-9(13-7)4-5-12-14/h4-6,8,13H,1-3H3. The summed E-state index contributed by atoms with van der Waals surface area (Å²) in [5, 5.41) is 7.46. The SMILES string of the molecule is CC(C)(C)C1=CC(Cl)n2nccc2N1. The van der Waals surface area contributed by atoms with E-state index in [1.54, 1.807) is 10.9 Å². The summed E-state index contributed by atoms with van der Waals surface area (Å²) in [4.78, 5) is 0. The number of anilines is 1. The van der Waals surface area contributed by atoms with Gasteiger partial charge in [0.15, 0.2) is 0 Å². The van der Waals surface area contributed by atoms with Crippen LogP contribution in [0.1, 0.15) is 26.3 Å². The van der Waals surface area contributed by atoms with Crippen LogP contribution < -0.4 is 5.32 Å². The maximum Gasteiger partial charge on any atom is 0.148 e. The predicted octanol–water partition coefficient (Wildman–Crippen LogP) is 2.98. The first-order valence-corrected chi connectivity index (χ1v) is 5.09. The van der Waals surface area contributed by atoms with E-state index < -0.39 is 0 Å².